The highest BCUT2D eigenvalue weighted by atomic mass is 79.9. The molecule has 0 bridgehead atoms. The van der Waals surface area contributed by atoms with Crippen molar-refractivity contribution in [1.29, 1.82) is 0 Å². The Balaban J connectivity index is 1.56. The Labute approximate surface area is 199 Å². The summed E-state index contributed by atoms with van der Waals surface area (Å²) in [7, 11) is 0. The third kappa shape index (κ3) is 6.67. The van der Waals surface area contributed by atoms with Crippen molar-refractivity contribution in [3.8, 4) is 5.75 Å². The molecule has 1 atom stereocenters. The Bertz CT molecular complexity index is 1120. The van der Waals surface area contributed by atoms with Crippen LogP contribution in [-0.4, -0.2) is 18.0 Å². The molecule has 8 heteroatoms. The van der Waals surface area contributed by atoms with E-state index >= 15 is 0 Å². The van der Waals surface area contributed by atoms with Crippen LogP contribution in [0, 0.1) is 5.92 Å². The maximum Gasteiger partial charge on any atom is 0.252 e. The number of hydrogen-bond donors (Lipinski definition) is 2. The van der Waals surface area contributed by atoms with Crippen LogP contribution < -0.4 is 15.5 Å². The normalized spacial score (nSPS) is 11.7. The number of amides is 2. The summed E-state index contributed by atoms with van der Waals surface area (Å²) in [5.41, 5.74) is 4.66. The van der Waals surface area contributed by atoms with E-state index in [9.17, 15) is 9.59 Å². The molecule has 3 aromatic carbocycles. The van der Waals surface area contributed by atoms with E-state index < -0.39 is 17.7 Å². The fraction of sp³-hybridized carbons (Fsp3) is 0.125. The lowest BCUT2D eigenvalue weighted by atomic mass is 10.1. The highest BCUT2D eigenvalue weighted by Gasteiger charge is 2.21. The molecule has 0 heterocycles. The van der Waals surface area contributed by atoms with E-state index in [4.69, 9.17) is 16.3 Å². The van der Waals surface area contributed by atoms with Crippen LogP contribution in [0.3, 0.4) is 0 Å². The molecule has 0 aromatic heterocycles. The van der Waals surface area contributed by atoms with Crippen LogP contribution in [0.25, 0.3) is 0 Å². The topological polar surface area (TPSA) is 79.8 Å². The summed E-state index contributed by atoms with van der Waals surface area (Å²) < 4.78 is 6.60. The quantitative estimate of drug-likeness (QED) is 0.240. The number of halogens is 2. The molecule has 0 fully saturated rings. The van der Waals surface area contributed by atoms with Gasteiger partial charge in [-0.15, -0.1) is 0 Å². The second-order valence-corrected chi connectivity index (χ2v) is 8.17. The summed E-state index contributed by atoms with van der Waals surface area (Å²) in [6, 6.07) is 21.9. The number of carbonyl (C=O) groups is 2. The molecule has 0 spiro atoms. The van der Waals surface area contributed by atoms with Crippen molar-refractivity contribution in [2.45, 2.75) is 13.5 Å². The summed E-state index contributed by atoms with van der Waals surface area (Å²) >= 11 is 9.27. The predicted molar refractivity (Wildman–Crippen MR) is 130 cm³/mol. The largest absolute Gasteiger partial charge is 0.488 e. The predicted octanol–water partition coefficient (Wildman–Crippen LogP) is 5.41. The molecule has 164 valence electrons. The van der Waals surface area contributed by atoms with Gasteiger partial charge in [-0.1, -0.05) is 48.0 Å². The average Bonchev–Trinajstić information content (AvgIpc) is 2.80. The SMILES string of the molecule is CC(C(=O)NN=Cc1ccccc1OCc1ccc(Cl)cc1)C(=O)Nc1ccccc1Br. The van der Waals surface area contributed by atoms with Crippen molar-refractivity contribution in [3.05, 3.63) is 93.4 Å². The minimum atomic E-state index is -0.935. The van der Waals surface area contributed by atoms with Gasteiger partial charge < -0.3 is 10.1 Å². The van der Waals surface area contributed by atoms with Gasteiger partial charge >= 0.3 is 0 Å². The fourth-order valence-corrected chi connectivity index (χ4v) is 3.16. The summed E-state index contributed by atoms with van der Waals surface area (Å²) in [6.45, 7) is 1.88. The molecule has 1 unspecified atom stereocenters. The van der Waals surface area contributed by atoms with Crippen molar-refractivity contribution in [2.24, 2.45) is 11.0 Å². The number of carbonyl (C=O) groups excluding carboxylic acids is 2. The number of hydrazone groups is 1. The lowest BCUT2D eigenvalue weighted by Gasteiger charge is -2.12. The molecule has 2 amide bonds. The van der Waals surface area contributed by atoms with E-state index in [1.165, 1.54) is 13.1 Å². The van der Waals surface area contributed by atoms with Crippen molar-refractivity contribution < 1.29 is 14.3 Å². The highest BCUT2D eigenvalue weighted by Crippen LogP contribution is 2.22. The standard InChI is InChI=1S/C24H21BrClN3O3/c1-16(23(30)28-21-8-4-3-7-20(21)25)24(31)29-27-14-18-6-2-5-9-22(18)32-15-17-10-12-19(26)13-11-17/h2-14,16H,15H2,1H3,(H,28,30)(H,29,31). The molecule has 0 aliphatic carbocycles. The van der Waals surface area contributed by atoms with Crippen molar-refractivity contribution in [2.75, 3.05) is 5.32 Å². The van der Waals surface area contributed by atoms with Crippen LogP contribution in [0.5, 0.6) is 5.75 Å². The average molecular weight is 515 g/mol. The van der Waals surface area contributed by atoms with Gasteiger partial charge in [0, 0.05) is 15.1 Å². The lowest BCUT2D eigenvalue weighted by Crippen LogP contribution is -2.34. The van der Waals surface area contributed by atoms with Gasteiger partial charge in [0.15, 0.2) is 0 Å². The minimum absolute atomic E-state index is 0.362. The van der Waals surface area contributed by atoms with Crippen LogP contribution in [0.15, 0.2) is 82.4 Å². The highest BCUT2D eigenvalue weighted by molar-refractivity contribution is 9.10. The molecule has 0 aliphatic rings. The van der Waals surface area contributed by atoms with Gasteiger partial charge in [-0.05, 0) is 64.8 Å². The first-order valence-corrected chi connectivity index (χ1v) is 11.0. The van der Waals surface area contributed by atoms with Gasteiger partial charge in [0.2, 0.25) is 5.91 Å². The molecular weight excluding hydrogens is 494 g/mol. The second kappa shape index (κ2) is 11.5. The first-order valence-electron chi connectivity index (χ1n) is 9.78. The Morgan fingerprint density at radius 1 is 1.03 bits per heavy atom. The number of rotatable bonds is 8. The molecule has 0 saturated heterocycles. The molecule has 3 rings (SSSR count). The summed E-state index contributed by atoms with van der Waals surface area (Å²) in [5, 5.41) is 7.37. The lowest BCUT2D eigenvalue weighted by molar-refractivity contribution is -0.131. The number of benzene rings is 3. The molecular formula is C24H21BrClN3O3. The summed E-state index contributed by atoms with van der Waals surface area (Å²) in [6.07, 6.45) is 1.48. The third-order valence-corrected chi connectivity index (χ3v) is 5.47. The van der Waals surface area contributed by atoms with Gasteiger partial charge in [0.25, 0.3) is 5.91 Å². The van der Waals surface area contributed by atoms with Gasteiger partial charge in [-0.3, -0.25) is 9.59 Å². The third-order valence-electron chi connectivity index (χ3n) is 4.52. The van der Waals surface area contributed by atoms with Crippen LogP contribution in [0.1, 0.15) is 18.1 Å². The second-order valence-electron chi connectivity index (χ2n) is 6.88. The van der Waals surface area contributed by atoms with E-state index in [-0.39, 0.29) is 0 Å². The fourth-order valence-electron chi connectivity index (χ4n) is 2.65. The zero-order chi connectivity index (χ0) is 22.9. The smallest absolute Gasteiger partial charge is 0.252 e. The number of para-hydroxylation sites is 2. The Kier molecular flexibility index (Phi) is 8.41. The first kappa shape index (κ1) is 23.5. The van der Waals surface area contributed by atoms with Crippen LogP contribution in [0.4, 0.5) is 5.69 Å². The Morgan fingerprint density at radius 2 is 1.72 bits per heavy atom. The number of ether oxygens (including phenoxy) is 1. The van der Waals surface area contributed by atoms with E-state index in [1.54, 1.807) is 30.3 Å². The summed E-state index contributed by atoms with van der Waals surface area (Å²) in [5.74, 6) is -1.28. The molecule has 2 N–H and O–H groups in total. The maximum atomic E-state index is 12.4. The molecule has 3 aromatic rings. The number of nitrogens with one attached hydrogen (secondary N) is 2. The van der Waals surface area contributed by atoms with E-state index in [1.807, 2.05) is 42.5 Å². The van der Waals surface area contributed by atoms with E-state index in [2.05, 4.69) is 31.8 Å². The molecule has 6 nitrogen and oxygen atoms in total. The van der Waals surface area contributed by atoms with Gasteiger partial charge in [0.1, 0.15) is 18.3 Å². The monoisotopic (exact) mass is 513 g/mol. The molecule has 0 saturated carbocycles. The van der Waals surface area contributed by atoms with Crippen LogP contribution in [0.2, 0.25) is 5.02 Å². The molecule has 32 heavy (non-hydrogen) atoms. The molecule has 0 aliphatic heterocycles. The van der Waals surface area contributed by atoms with Crippen LogP contribution in [-0.2, 0) is 16.2 Å². The van der Waals surface area contributed by atoms with Gasteiger partial charge in [0.05, 0.1) is 11.9 Å². The van der Waals surface area contributed by atoms with Crippen LogP contribution >= 0.6 is 27.5 Å². The van der Waals surface area contributed by atoms with E-state index in [0.717, 1.165) is 10.0 Å². The number of anilines is 1. The Morgan fingerprint density at radius 3 is 2.47 bits per heavy atom. The Hall–Kier alpha value is -3.16. The number of nitrogens with zero attached hydrogens (tertiary/aromatic N) is 1. The molecule has 0 radical (unpaired) electrons. The van der Waals surface area contributed by atoms with Gasteiger partial charge in [-0.2, -0.15) is 5.10 Å². The minimum Gasteiger partial charge on any atom is -0.488 e. The zero-order valence-corrected chi connectivity index (χ0v) is 19.6. The van der Waals surface area contributed by atoms with E-state index in [0.29, 0.717) is 28.6 Å². The zero-order valence-electron chi connectivity index (χ0n) is 17.2. The van der Waals surface area contributed by atoms with Crippen molar-refractivity contribution >= 4 is 51.2 Å². The van der Waals surface area contributed by atoms with Gasteiger partial charge in [-0.25, -0.2) is 5.43 Å². The van der Waals surface area contributed by atoms with Crippen molar-refractivity contribution in [3.63, 3.8) is 0 Å². The number of hydrogen-bond acceptors (Lipinski definition) is 4. The maximum absolute atomic E-state index is 12.4. The first-order chi connectivity index (χ1) is 15.4. The summed E-state index contributed by atoms with van der Waals surface area (Å²) in [4.78, 5) is 24.7. The van der Waals surface area contributed by atoms with Crippen molar-refractivity contribution in [1.82, 2.24) is 5.43 Å².